The molecule has 2 aromatic carbocycles. The number of hydrogen-bond donors (Lipinski definition) is 0. The van der Waals surface area contributed by atoms with Gasteiger partial charge in [-0.1, -0.05) is 147 Å². The highest BCUT2D eigenvalue weighted by Gasteiger charge is 2.20. The zero-order valence-electron chi connectivity index (χ0n) is 27.4. The minimum Gasteiger partial charge on any atom is -0.494 e. The van der Waals surface area contributed by atoms with E-state index < -0.39 is 0 Å². The average molecular weight is 583 g/mol. The van der Waals surface area contributed by atoms with Gasteiger partial charge in [0.2, 0.25) is 0 Å². The molecule has 0 aliphatic heterocycles. The van der Waals surface area contributed by atoms with Crippen LogP contribution in [0.5, 0.6) is 5.75 Å². The zero-order valence-corrected chi connectivity index (χ0v) is 27.4. The van der Waals surface area contributed by atoms with Gasteiger partial charge in [-0.2, -0.15) is 0 Å². The Morgan fingerprint density at radius 1 is 0.558 bits per heavy atom. The first-order valence-corrected chi connectivity index (χ1v) is 17.9. The molecule has 3 aromatic rings. The van der Waals surface area contributed by atoms with Crippen LogP contribution in [0.4, 0.5) is 0 Å². The van der Waals surface area contributed by atoms with Gasteiger partial charge in [-0.3, -0.25) is 0 Å². The van der Waals surface area contributed by atoms with Crippen LogP contribution in [0.1, 0.15) is 135 Å². The number of aryl methyl sites for hydroxylation is 1. The fourth-order valence-electron chi connectivity index (χ4n) is 6.71. The third kappa shape index (κ3) is 12.1. The van der Waals surface area contributed by atoms with Gasteiger partial charge in [0.25, 0.3) is 0 Å². The molecule has 3 nitrogen and oxygen atoms in total. The van der Waals surface area contributed by atoms with Gasteiger partial charge in [-0.25, -0.2) is 9.97 Å². The van der Waals surface area contributed by atoms with E-state index in [1.54, 1.807) is 0 Å². The summed E-state index contributed by atoms with van der Waals surface area (Å²) in [7, 11) is 0. The lowest BCUT2D eigenvalue weighted by Gasteiger charge is -2.28. The normalized spacial score (nSPS) is 16.8. The van der Waals surface area contributed by atoms with Gasteiger partial charge in [0.05, 0.1) is 6.61 Å². The van der Waals surface area contributed by atoms with Crippen molar-refractivity contribution in [2.45, 2.75) is 136 Å². The Morgan fingerprint density at radius 2 is 1.05 bits per heavy atom. The van der Waals surface area contributed by atoms with E-state index >= 15 is 0 Å². The first kappa shape index (κ1) is 33.2. The molecular formula is C40H58N2O. The van der Waals surface area contributed by atoms with Crippen molar-refractivity contribution < 1.29 is 4.74 Å². The van der Waals surface area contributed by atoms with E-state index in [0.717, 1.165) is 48.4 Å². The van der Waals surface area contributed by atoms with E-state index in [0.29, 0.717) is 0 Å². The first-order chi connectivity index (χ1) is 21.2. The molecule has 1 aliphatic rings. The van der Waals surface area contributed by atoms with Gasteiger partial charge < -0.3 is 4.74 Å². The number of aromatic nitrogens is 2. The topological polar surface area (TPSA) is 35.0 Å². The Hall–Kier alpha value is -2.68. The Bertz CT molecular complexity index is 1110. The van der Waals surface area contributed by atoms with Crippen molar-refractivity contribution in [1.82, 2.24) is 9.97 Å². The van der Waals surface area contributed by atoms with Crippen molar-refractivity contribution in [3.63, 3.8) is 0 Å². The number of unbranched alkanes of at least 4 members (excludes halogenated alkanes) is 9. The standard InChI is InChI=1S/C40H58N2O/c1-3-5-7-8-9-10-11-13-16-35-31-41-40(42-32-35)38-24-22-36(23-25-38)37-26-28-39(29-27-37)43-30-14-17-34-20-18-33(19-21-34)15-12-6-4-2/h22-29,31-34H,3-21,30H2,1-2H3. The summed E-state index contributed by atoms with van der Waals surface area (Å²) in [6, 6.07) is 17.2. The molecule has 0 saturated heterocycles. The minimum absolute atomic E-state index is 0.801. The summed E-state index contributed by atoms with van der Waals surface area (Å²) in [6.45, 7) is 5.40. The number of hydrogen-bond acceptors (Lipinski definition) is 3. The van der Waals surface area contributed by atoms with Crippen LogP contribution in [-0.4, -0.2) is 16.6 Å². The monoisotopic (exact) mass is 582 g/mol. The molecule has 3 heteroatoms. The Morgan fingerprint density at radius 3 is 1.65 bits per heavy atom. The van der Waals surface area contributed by atoms with Crippen LogP contribution in [0.2, 0.25) is 0 Å². The summed E-state index contributed by atoms with van der Waals surface area (Å²) in [5, 5.41) is 0. The molecule has 1 aromatic heterocycles. The Balaban J connectivity index is 1.12. The summed E-state index contributed by atoms with van der Waals surface area (Å²) in [4.78, 5) is 9.33. The molecule has 1 heterocycles. The van der Waals surface area contributed by atoms with E-state index in [2.05, 4.69) is 72.3 Å². The molecule has 0 N–H and O–H groups in total. The highest BCUT2D eigenvalue weighted by molar-refractivity contribution is 5.68. The van der Waals surface area contributed by atoms with E-state index in [4.69, 9.17) is 4.74 Å². The van der Waals surface area contributed by atoms with Gasteiger partial charge in [0.15, 0.2) is 5.82 Å². The van der Waals surface area contributed by atoms with Gasteiger partial charge in [-0.15, -0.1) is 0 Å². The largest absolute Gasteiger partial charge is 0.494 e. The molecule has 1 fully saturated rings. The van der Waals surface area contributed by atoms with Gasteiger partial charge in [-0.05, 0) is 66.3 Å². The molecule has 4 rings (SSSR count). The van der Waals surface area contributed by atoms with Crippen molar-refractivity contribution in [2.75, 3.05) is 6.61 Å². The summed E-state index contributed by atoms with van der Waals surface area (Å²) in [5.41, 5.74) is 4.71. The third-order valence-corrected chi connectivity index (χ3v) is 9.56. The number of rotatable bonds is 20. The van der Waals surface area contributed by atoms with Crippen LogP contribution in [0.15, 0.2) is 60.9 Å². The second-order valence-corrected chi connectivity index (χ2v) is 13.1. The maximum absolute atomic E-state index is 6.10. The van der Waals surface area contributed by atoms with Crippen LogP contribution in [0.25, 0.3) is 22.5 Å². The average Bonchev–Trinajstić information content (AvgIpc) is 3.06. The zero-order chi connectivity index (χ0) is 30.0. The van der Waals surface area contributed by atoms with Crippen LogP contribution in [0, 0.1) is 11.8 Å². The van der Waals surface area contributed by atoms with Gasteiger partial charge in [0.1, 0.15) is 5.75 Å². The summed E-state index contributed by atoms with van der Waals surface area (Å²) >= 11 is 0. The Labute approximate surface area is 263 Å². The first-order valence-electron chi connectivity index (χ1n) is 17.9. The van der Waals surface area contributed by atoms with Crippen LogP contribution in [-0.2, 0) is 6.42 Å². The van der Waals surface area contributed by atoms with Gasteiger partial charge >= 0.3 is 0 Å². The molecule has 0 unspecified atom stereocenters. The summed E-state index contributed by atoms with van der Waals surface area (Å²) in [5.74, 6) is 3.69. The second-order valence-electron chi connectivity index (χ2n) is 13.1. The molecule has 234 valence electrons. The van der Waals surface area contributed by atoms with Crippen LogP contribution >= 0.6 is 0 Å². The quantitative estimate of drug-likeness (QED) is 0.124. The van der Waals surface area contributed by atoms with Crippen LogP contribution in [0.3, 0.4) is 0 Å². The van der Waals surface area contributed by atoms with Crippen molar-refractivity contribution in [3.8, 4) is 28.3 Å². The molecule has 0 bridgehead atoms. The van der Waals surface area contributed by atoms with Crippen LogP contribution < -0.4 is 4.74 Å². The van der Waals surface area contributed by atoms with E-state index in [-0.39, 0.29) is 0 Å². The second kappa shape index (κ2) is 19.6. The Kier molecular flexibility index (Phi) is 15.1. The lowest BCUT2D eigenvalue weighted by molar-refractivity contribution is 0.228. The molecule has 1 saturated carbocycles. The highest BCUT2D eigenvalue weighted by atomic mass is 16.5. The number of ether oxygens (including phenoxy) is 1. The highest BCUT2D eigenvalue weighted by Crippen LogP contribution is 2.34. The predicted octanol–water partition coefficient (Wildman–Crippen LogP) is 12.0. The summed E-state index contributed by atoms with van der Waals surface area (Å²) < 4.78 is 6.10. The number of benzene rings is 2. The fourth-order valence-corrected chi connectivity index (χ4v) is 6.71. The SMILES string of the molecule is CCCCCCCCCCc1cnc(-c2ccc(-c3ccc(OCCCC4CCC(CCCCC)CC4)cc3)cc2)nc1. The molecule has 0 radical (unpaired) electrons. The van der Waals surface area contributed by atoms with Crippen molar-refractivity contribution in [2.24, 2.45) is 11.8 Å². The van der Waals surface area contributed by atoms with Crippen molar-refractivity contribution in [3.05, 3.63) is 66.5 Å². The van der Waals surface area contributed by atoms with E-state index in [9.17, 15) is 0 Å². The lowest BCUT2D eigenvalue weighted by Crippen LogP contribution is -2.15. The maximum Gasteiger partial charge on any atom is 0.159 e. The van der Waals surface area contributed by atoms with E-state index in [1.165, 1.54) is 126 Å². The van der Waals surface area contributed by atoms with Gasteiger partial charge in [0, 0.05) is 18.0 Å². The molecule has 0 spiro atoms. The van der Waals surface area contributed by atoms with Crippen molar-refractivity contribution >= 4 is 0 Å². The third-order valence-electron chi connectivity index (χ3n) is 9.56. The molecule has 1 aliphatic carbocycles. The van der Waals surface area contributed by atoms with E-state index in [1.807, 2.05) is 12.4 Å². The van der Waals surface area contributed by atoms with Crippen molar-refractivity contribution in [1.29, 1.82) is 0 Å². The summed E-state index contributed by atoms with van der Waals surface area (Å²) in [6.07, 6.45) is 29.8. The number of nitrogens with zero attached hydrogens (tertiary/aromatic N) is 2. The lowest BCUT2D eigenvalue weighted by atomic mass is 9.78. The fraction of sp³-hybridized carbons (Fsp3) is 0.600. The predicted molar refractivity (Wildman–Crippen MR) is 184 cm³/mol. The maximum atomic E-state index is 6.10. The molecule has 0 amide bonds. The molecular weight excluding hydrogens is 524 g/mol. The molecule has 43 heavy (non-hydrogen) atoms. The minimum atomic E-state index is 0.801. The smallest absolute Gasteiger partial charge is 0.159 e. The molecule has 0 atom stereocenters.